The molecule has 0 unspecified atom stereocenters. The Bertz CT molecular complexity index is 1460. The molecular weight excluding hydrogens is 470 g/mol. The number of anilines is 1. The van der Waals surface area contributed by atoms with Crippen LogP contribution in [-0.2, 0) is 28.3 Å². The second-order valence-corrected chi connectivity index (χ2v) is 10.6. The van der Waals surface area contributed by atoms with Gasteiger partial charge in [0.25, 0.3) is 5.56 Å². The highest BCUT2D eigenvalue weighted by Gasteiger charge is 2.34. The van der Waals surface area contributed by atoms with E-state index in [0.717, 1.165) is 18.4 Å². The molecule has 3 aromatic rings. The molecule has 4 rings (SSSR count). The number of nitrogens with two attached hydrogens (primary N) is 1. The number of sulfonamides is 1. The quantitative estimate of drug-likeness (QED) is 0.317. The zero-order valence-electron chi connectivity index (χ0n) is 19.3. The maximum absolute atomic E-state index is 13.0. The number of carboxylic acids is 1. The van der Waals surface area contributed by atoms with Crippen molar-refractivity contribution >= 4 is 38.5 Å². The normalized spacial score (nSPS) is 14.3. The van der Waals surface area contributed by atoms with Crippen molar-refractivity contribution in [3.63, 3.8) is 0 Å². The molecule has 11 heteroatoms. The van der Waals surface area contributed by atoms with Crippen molar-refractivity contribution in [3.05, 3.63) is 69.6 Å². The lowest BCUT2D eigenvalue weighted by Crippen LogP contribution is -2.42. The molecule has 0 atom stereocenters. The van der Waals surface area contributed by atoms with Gasteiger partial charge in [0.15, 0.2) is 5.75 Å². The maximum Gasteiger partial charge on any atom is 0.320 e. The summed E-state index contributed by atoms with van der Waals surface area (Å²) in [7, 11) is -2.48. The summed E-state index contributed by atoms with van der Waals surface area (Å²) in [6, 6.07) is 11.5. The van der Waals surface area contributed by atoms with Gasteiger partial charge in [0, 0.05) is 25.1 Å². The number of aliphatic carboxylic acids is 1. The van der Waals surface area contributed by atoms with Crippen LogP contribution in [0.1, 0.15) is 42.5 Å². The van der Waals surface area contributed by atoms with Gasteiger partial charge in [-0.3, -0.25) is 19.3 Å². The highest BCUT2D eigenvalue weighted by Crippen LogP contribution is 2.32. The Morgan fingerprint density at radius 2 is 1.86 bits per heavy atom. The van der Waals surface area contributed by atoms with Crippen LogP contribution in [-0.4, -0.2) is 46.7 Å². The zero-order chi connectivity index (χ0) is 25.3. The third kappa shape index (κ3) is 5.04. The van der Waals surface area contributed by atoms with Crippen LogP contribution in [0.3, 0.4) is 0 Å². The first-order valence-electron chi connectivity index (χ1n) is 11.2. The number of amidine groups is 1. The van der Waals surface area contributed by atoms with Crippen molar-refractivity contribution < 1.29 is 18.3 Å². The van der Waals surface area contributed by atoms with Gasteiger partial charge in [-0.05, 0) is 36.6 Å². The Kier molecular flexibility index (Phi) is 6.62. The number of aryl methyl sites for hydroxylation is 1. The number of fused-ring (bicyclic) bond motifs is 1. The molecule has 1 aliphatic carbocycles. The number of carbonyl (C=O) groups is 1. The minimum Gasteiger partial charge on any atom is -0.480 e. The van der Waals surface area contributed by atoms with Gasteiger partial charge in [0.2, 0.25) is 10.0 Å². The van der Waals surface area contributed by atoms with E-state index >= 15 is 0 Å². The molecule has 184 valence electrons. The van der Waals surface area contributed by atoms with Gasteiger partial charge in [0.1, 0.15) is 11.5 Å². The number of nitrogens with zero attached hydrogens (tertiary/aromatic N) is 3. The summed E-state index contributed by atoms with van der Waals surface area (Å²) < 4.78 is 28.7. The van der Waals surface area contributed by atoms with Gasteiger partial charge >= 0.3 is 5.97 Å². The fourth-order valence-corrected chi connectivity index (χ4v) is 6.14. The van der Waals surface area contributed by atoms with Gasteiger partial charge in [-0.15, -0.1) is 0 Å². The zero-order valence-corrected chi connectivity index (χ0v) is 20.1. The van der Waals surface area contributed by atoms with E-state index in [1.54, 1.807) is 49.5 Å². The molecule has 1 heterocycles. The molecule has 4 N–H and O–H groups in total. The summed E-state index contributed by atoms with van der Waals surface area (Å²) in [4.78, 5) is 28.8. The predicted octanol–water partition coefficient (Wildman–Crippen LogP) is 1.97. The molecule has 1 aromatic heterocycles. The molecule has 1 saturated carbocycles. The van der Waals surface area contributed by atoms with Crippen LogP contribution >= 0.6 is 0 Å². The molecule has 35 heavy (non-hydrogen) atoms. The Morgan fingerprint density at radius 1 is 1.20 bits per heavy atom. The highest BCUT2D eigenvalue weighted by atomic mass is 32.2. The first-order valence-corrected chi connectivity index (χ1v) is 12.8. The largest absolute Gasteiger partial charge is 0.480 e. The van der Waals surface area contributed by atoms with E-state index in [1.807, 2.05) is 0 Å². The summed E-state index contributed by atoms with van der Waals surface area (Å²) in [5.41, 5.74) is 8.22. The smallest absolute Gasteiger partial charge is 0.320 e. The van der Waals surface area contributed by atoms with Gasteiger partial charge in [-0.1, -0.05) is 37.1 Å². The van der Waals surface area contributed by atoms with Gasteiger partial charge in [0.05, 0.1) is 16.7 Å². The van der Waals surface area contributed by atoms with Crippen molar-refractivity contribution in [1.82, 2.24) is 9.55 Å². The standard InChI is InChI=1S/C24H27N5O5S/c1-28-21-11-10-18(29(17-4-2-3-5-17)35(33,34)14-22(30)31)13-19(21)27-20(24(28)32)12-15-6-8-16(9-7-15)23(25)26/h6-11,13,17H,2-5,12,14H2,1H3,(H3,25,26)(H,30,31). The monoisotopic (exact) mass is 497 g/mol. The average molecular weight is 498 g/mol. The van der Waals surface area contributed by atoms with Crippen LogP contribution in [0.25, 0.3) is 11.0 Å². The number of nitrogens with one attached hydrogen (secondary N) is 1. The molecule has 10 nitrogen and oxygen atoms in total. The lowest BCUT2D eigenvalue weighted by Gasteiger charge is -2.30. The van der Waals surface area contributed by atoms with E-state index in [0.29, 0.717) is 35.1 Å². The van der Waals surface area contributed by atoms with Gasteiger partial charge in [-0.2, -0.15) is 0 Å². The average Bonchev–Trinajstić information content (AvgIpc) is 3.30. The SMILES string of the molecule is Cn1c(=O)c(Cc2ccc(C(=N)N)cc2)nc2cc(N(C3CCCC3)S(=O)(=O)CC(=O)O)ccc21. The van der Waals surface area contributed by atoms with Crippen molar-refractivity contribution in [2.24, 2.45) is 12.8 Å². The molecule has 0 amide bonds. The van der Waals surface area contributed by atoms with Crippen molar-refractivity contribution in [1.29, 1.82) is 5.41 Å². The maximum atomic E-state index is 13.0. The number of hydrogen-bond donors (Lipinski definition) is 3. The van der Waals surface area contributed by atoms with E-state index in [9.17, 15) is 23.1 Å². The van der Waals surface area contributed by atoms with Crippen molar-refractivity contribution in [3.8, 4) is 0 Å². The number of carboxylic acid groups (broad SMARTS) is 1. The highest BCUT2D eigenvalue weighted by molar-refractivity contribution is 7.93. The molecule has 2 aromatic carbocycles. The summed E-state index contributed by atoms with van der Waals surface area (Å²) in [5, 5.41) is 16.7. The van der Waals surface area contributed by atoms with Crippen molar-refractivity contribution in [2.45, 2.75) is 38.1 Å². The number of aromatic nitrogens is 2. The molecule has 0 spiro atoms. The Hall–Kier alpha value is -3.73. The van der Waals surface area contributed by atoms with Crippen LogP contribution in [0, 0.1) is 5.41 Å². The minimum absolute atomic E-state index is 0.0477. The number of nitrogen functional groups attached to an aromatic ring is 1. The second-order valence-electron chi connectivity index (χ2n) is 8.77. The number of hydrogen-bond acceptors (Lipinski definition) is 6. The van der Waals surface area contributed by atoms with E-state index in [2.05, 4.69) is 4.98 Å². The lowest BCUT2D eigenvalue weighted by molar-refractivity contribution is -0.134. The van der Waals surface area contributed by atoms with Crippen LogP contribution in [0.15, 0.2) is 47.3 Å². The Balaban J connectivity index is 1.77. The van der Waals surface area contributed by atoms with Gasteiger partial charge < -0.3 is 15.4 Å². The van der Waals surface area contributed by atoms with Gasteiger partial charge in [-0.25, -0.2) is 13.4 Å². The van der Waals surface area contributed by atoms with Crippen LogP contribution < -0.4 is 15.6 Å². The molecule has 0 bridgehead atoms. The first kappa shape index (κ1) is 24.4. The molecular formula is C24H27N5O5S. The summed E-state index contributed by atoms with van der Waals surface area (Å²) in [6.07, 6.45) is 3.29. The fraction of sp³-hybridized carbons (Fsp3) is 0.333. The Labute approximate surface area is 202 Å². The minimum atomic E-state index is -4.10. The predicted molar refractivity (Wildman–Crippen MR) is 133 cm³/mol. The number of rotatable bonds is 8. The fourth-order valence-electron chi connectivity index (χ4n) is 4.59. The van der Waals surface area contributed by atoms with E-state index < -0.39 is 21.7 Å². The van der Waals surface area contributed by atoms with E-state index in [-0.39, 0.29) is 29.6 Å². The summed E-state index contributed by atoms with van der Waals surface area (Å²) in [5.74, 6) is -2.45. The second kappa shape index (κ2) is 9.49. The molecule has 0 saturated heterocycles. The molecule has 0 radical (unpaired) electrons. The third-order valence-corrected chi connectivity index (χ3v) is 8.00. The summed E-state index contributed by atoms with van der Waals surface area (Å²) >= 11 is 0. The summed E-state index contributed by atoms with van der Waals surface area (Å²) in [6.45, 7) is 0. The van der Waals surface area contributed by atoms with Crippen LogP contribution in [0.5, 0.6) is 0 Å². The molecule has 1 aliphatic rings. The first-order chi connectivity index (χ1) is 16.6. The van der Waals surface area contributed by atoms with E-state index in [1.165, 1.54) is 8.87 Å². The molecule has 0 aliphatic heterocycles. The van der Waals surface area contributed by atoms with Crippen LogP contribution in [0.4, 0.5) is 5.69 Å². The van der Waals surface area contributed by atoms with E-state index in [4.69, 9.17) is 11.1 Å². The topological polar surface area (TPSA) is 159 Å². The van der Waals surface area contributed by atoms with Crippen molar-refractivity contribution in [2.75, 3.05) is 10.1 Å². The Morgan fingerprint density at radius 3 is 2.46 bits per heavy atom. The lowest BCUT2D eigenvalue weighted by atomic mass is 10.1. The van der Waals surface area contributed by atoms with Crippen LogP contribution in [0.2, 0.25) is 0 Å². The third-order valence-electron chi connectivity index (χ3n) is 6.28. The molecule has 1 fully saturated rings. The number of benzene rings is 2.